The molecule has 1 rings (SSSR count). The Morgan fingerprint density at radius 3 is 2.62 bits per heavy atom. The monoisotopic (exact) mass is 244 g/mol. The second kappa shape index (κ2) is 5.16. The molecule has 0 aliphatic carbocycles. The maximum atomic E-state index is 11.3. The van der Waals surface area contributed by atoms with E-state index in [1.165, 1.54) is 4.90 Å². The molecule has 0 aromatic heterocycles. The van der Waals surface area contributed by atoms with Crippen molar-refractivity contribution < 1.29 is 13.7 Å². The van der Waals surface area contributed by atoms with Crippen molar-refractivity contribution in [2.75, 3.05) is 27.4 Å². The van der Waals surface area contributed by atoms with E-state index >= 15 is 0 Å². The Labute approximate surface area is 97.8 Å². The Bertz CT molecular complexity index is 374. The minimum absolute atomic E-state index is 0.410. The van der Waals surface area contributed by atoms with Crippen LogP contribution in [0.3, 0.4) is 0 Å². The third-order valence-electron chi connectivity index (χ3n) is 2.00. The largest absolute Gasteiger partial charge is 0.414 e. The summed E-state index contributed by atoms with van der Waals surface area (Å²) in [7, 11) is 3.99. The summed E-state index contributed by atoms with van der Waals surface area (Å²) in [6.07, 6.45) is 5.08. The molecular formula is C10H16N2O3S. The Hall–Kier alpha value is -1.30. The molecule has 1 amide bonds. The number of rotatable bonds is 2. The van der Waals surface area contributed by atoms with Gasteiger partial charge in [-0.15, -0.1) is 0 Å². The summed E-state index contributed by atoms with van der Waals surface area (Å²) >= 11 is 0. The Kier molecular flexibility index (Phi) is 4.12. The van der Waals surface area contributed by atoms with Gasteiger partial charge in [0.15, 0.2) is 0 Å². The van der Waals surface area contributed by atoms with Gasteiger partial charge in [-0.2, -0.15) is 0 Å². The van der Waals surface area contributed by atoms with E-state index in [1.807, 2.05) is 0 Å². The lowest BCUT2D eigenvalue weighted by Gasteiger charge is -2.21. The maximum Gasteiger partial charge on any atom is 0.414 e. The summed E-state index contributed by atoms with van der Waals surface area (Å²) in [5.41, 5.74) is 0. The van der Waals surface area contributed by atoms with Gasteiger partial charge in [0.05, 0.1) is 0 Å². The van der Waals surface area contributed by atoms with Crippen LogP contribution < -0.4 is 0 Å². The van der Waals surface area contributed by atoms with E-state index in [9.17, 15) is 9.00 Å². The highest BCUT2D eigenvalue weighted by Crippen LogP contribution is 2.21. The fourth-order valence-electron chi connectivity index (χ4n) is 1.20. The van der Waals surface area contributed by atoms with E-state index in [1.54, 1.807) is 44.7 Å². The highest BCUT2D eigenvalue weighted by atomic mass is 32.2. The van der Waals surface area contributed by atoms with Gasteiger partial charge in [0.2, 0.25) is 0 Å². The highest BCUT2D eigenvalue weighted by Gasteiger charge is 2.17. The average Bonchev–Trinajstić information content (AvgIpc) is 2.16. The predicted octanol–water partition coefficient (Wildman–Crippen LogP) is 1.08. The van der Waals surface area contributed by atoms with Crippen LogP contribution in [0, 0.1) is 0 Å². The van der Waals surface area contributed by atoms with Gasteiger partial charge in [0.1, 0.15) is 5.76 Å². The summed E-state index contributed by atoms with van der Waals surface area (Å²) in [4.78, 5) is 15.2. The summed E-state index contributed by atoms with van der Waals surface area (Å²) in [6.45, 7) is 0. The molecule has 5 nitrogen and oxygen atoms in total. The number of ether oxygens (including phenoxy) is 1. The first-order chi connectivity index (χ1) is 7.40. The molecule has 1 atom stereocenters. The van der Waals surface area contributed by atoms with Crippen LogP contribution in [0.4, 0.5) is 4.79 Å². The third kappa shape index (κ3) is 3.37. The summed E-state index contributed by atoms with van der Waals surface area (Å²) in [5.74, 6) is 0.508. The second-order valence-corrected chi connectivity index (χ2v) is 5.18. The minimum atomic E-state index is -1.05. The van der Waals surface area contributed by atoms with Crippen LogP contribution in [0.25, 0.3) is 0 Å². The van der Waals surface area contributed by atoms with Crippen molar-refractivity contribution in [3.8, 4) is 0 Å². The summed E-state index contributed by atoms with van der Waals surface area (Å²) in [5, 5.41) is 0. The molecule has 90 valence electrons. The first-order valence-electron chi connectivity index (χ1n) is 4.76. The lowest BCUT2D eigenvalue weighted by atomic mass is 10.3. The van der Waals surface area contributed by atoms with E-state index in [4.69, 9.17) is 4.74 Å². The lowest BCUT2D eigenvalue weighted by molar-refractivity contribution is 0.143. The van der Waals surface area contributed by atoms with Crippen LogP contribution in [0.5, 0.6) is 0 Å². The van der Waals surface area contributed by atoms with E-state index in [2.05, 4.69) is 0 Å². The van der Waals surface area contributed by atoms with Gasteiger partial charge in [-0.1, -0.05) is 0 Å². The van der Waals surface area contributed by atoms with Crippen LogP contribution in [0.15, 0.2) is 23.1 Å². The van der Waals surface area contributed by atoms with Gasteiger partial charge in [0, 0.05) is 61.9 Å². The van der Waals surface area contributed by atoms with Crippen molar-refractivity contribution in [2.24, 2.45) is 0 Å². The van der Waals surface area contributed by atoms with Crippen LogP contribution in [0.1, 0.15) is 6.42 Å². The summed E-state index contributed by atoms with van der Waals surface area (Å²) in [6, 6.07) is 0. The van der Waals surface area contributed by atoms with Gasteiger partial charge in [-0.05, 0) is 0 Å². The standard InChI is InChI=1S/C10H16N2O3S/c1-11(2)10(13)15-8-5-9(16(4)14)7-12(3)6-8/h6-7H,5H2,1-4H3. The maximum absolute atomic E-state index is 11.3. The fourth-order valence-corrected chi connectivity index (χ4v) is 1.86. The van der Waals surface area contributed by atoms with Gasteiger partial charge in [0.25, 0.3) is 0 Å². The van der Waals surface area contributed by atoms with Gasteiger partial charge < -0.3 is 14.5 Å². The molecule has 6 heteroatoms. The van der Waals surface area contributed by atoms with E-state index < -0.39 is 16.9 Å². The molecule has 0 aromatic carbocycles. The van der Waals surface area contributed by atoms with Gasteiger partial charge >= 0.3 is 6.09 Å². The van der Waals surface area contributed by atoms with E-state index in [0.717, 1.165) is 4.91 Å². The molecule has 1 aliphatic rings. The Morgan fingerprint density at radius 1 is 1.50 bits per heavy atom. The van der Waals surface area contributed by atoms with Gasteiger partial charge in [-0.25, -0.2) is 4.79 Å². The van der Waals surface area contributed by atoms with Crippen molar-refractivity contribution in [3.63, 3.8) is 0 Å². The van der Waals surface area contributed by atoms with E-state index in [0.29, 0.717) is 12.2 Å². The van der Waals surface area contributed by atoms with Crippen molar-refractivity contribution in [3.05, 3.63) is 23.1 Å². The van der Waals surface area contributed by atoms with Crippen LogP contribution in [0.2, 0.25) is 0 Å². The van der Waals surface area contributed by atoms with Crippen molar-refractivity contribution >= 4 is 16.9 Å². The number of carbonyl (C=O) groups excluding carboxylic acids is 1. The number of hydrogen-bond donors (Lipinski definition) is 0. The zero-order chi connectivity index (χ0) is 12.3. The molecule has 0 N–H and O–H groups in total. The number of hydrogen-bond acceptors (Lipinski definition) is 4. The van der Waals surface area contributed by atoms with Crippen molar-refractivity contribution in [1.82, 2.24) is 9.80 Å². The molecule has 0 bridgehead atoms. The molecule has 0 aromatic rings. The third-order valence-corrected chi connectivity index (χ3v) is 2.98. The topological polar surface area (TPSA) is 49.9 Å². The molecule has 0 spiro atoms. The number of amides is 1. The predicted molar refractivity (Wildman–Crippen MR) is 62.8 cm³/mol. The molecule has 0 saturated carbocycles. The number of carbonyl (C=O) groups is 1. The first-order valence-corrected chi connectivity index (χ1v) is 6.32. The Balaban J connectivity index is 2.71. The molecule has 1 unspecified atom stereocenters. The van der Waals surface area contributed by atoms with Crippen molar-refractivity contribution in [2.45, 2.75) is 6.42 Å². The molecule has 0 saturated heterocycles. The van der Waals surface area contributed by atoms with Crippen molar-refractivity contribution in [1.29, 1.82) is 0 Å². The fraction of sp³-hybridized carbons (Fsp3) is 0.500. The zero-order valence-electron chi connectivity index (χ0n) is 9.89. The zero-order valence-corrected chi connectivity index (χ0v) is 10.7. The van der Waals surface area contributed by atoms with Crippen LogP contribution in [-0.2, 0) is 15.5 Å². The smallest absolute Gasteiger partial charge is 0.413 e. The molecule has 16 heavy (non-hydrogen) atoms. The highest BCUT2D eigenvalue weighted by molar-refractivity contribution is 7.88. The molecule has 1 heterocycles. The molecular weight excluding hydrogens is 228 g/mol. The molecule has 1 aliphatic heterocycles. The number of allylic oxidation sites excluding steroid dienone is 1. The lowest BCUT2D eigenvalue weighted by Crippen LogP contribution is -2.24. The first kappa shape index (κ1) is 12.8. The van der Waals surface area contributed by atoms with Crippen LogP contribution in [-0.4, -0.2) is 47.5 Å². The van der Waals surface area contributed by atoms with Gasteiger partial charge in [-0.3, -0.25) is 4.21 Å². The molecule has 0 radical (unpaired) electrons. The Morgan fingerprint density at radius 2 is 2.12 bits per heavy atom. The normalized spacial score (nSPS) is 17.4. The number of nitrogens with zero attached hydrogens (tertiary/aromatic N) is 2. The SMILES string of the molecule is CN1C=C(OC(=O)N(C)C)CC(S(C)=O)=C1. The average molecular weight is 244 g/mol. The minimum Gasteiger partial charge on any atom is -0.413 e. The second-order valence-electron chi connectivity index (χ2n) is 3.75. The van der Waals surface area contributed by atoms with Crippen LogP contribution >= 0.6 is 0 Å². The summed E-state index contributed by atoms with van der Waals surface area (Å²) < 4.78 is 16.5. The quantitative estimate of drug-likeness (QED) is 0.729. The molecule has 0 fully saturated rings. The van der Waals surface area contributed by atoms with E-state index in [-0.39, 0.29) is 0 Å².